The first kappa shape index (κ1) is 19.5. The maximum atomic E-state index is 12.9. The zero-order chi connectivity index (χ0) is 20.2. The second-order valence-electron chi connectivity index (χ2n) is 7.54. The van der Waals surface area contributed by atoms with Gasteiger partial charge in [-0.15, -0.1) is 0 Å². The molecular weight excluding hydrogens is 368 g/mol. The van der Waals surface area contributed by atoms with Crippen molar-refractivity contribution in [2.75, 3.05) is 33.3 Å². The van der Waals surface area contributed by atoms with Crippen LogP contribution in [-0.4, -0.2) is 60.2 Å². The summed E-state index contributed by atoms with van der Waals surface area (Å²) < 4.78 is 11.1. The van der Waals surface area contributed by atoms with Gasteiger partial charge < -0.3 is 19.2 Å². The van der Waals surface area contributed by atoms with Crippen LogP contribution in [0.4, 0.5) is 0 Å². The van der Waals surface area contributed by atoms with Crippen LogP contribution in [0.2, 0.25) is 0 Å². The standard InChI is InChI=1S/C23H26N2O4/c1-24(23(27)16-29-20-7-8-22-18(13-20)10-12-28-22)21(17-5-3-2-4-6-17)15-25-11-9-19(26)14-25/h2-8,10,12-13,19,21,26H,9,11,14-16H2,1H3/t19-,21?/m0/s1. The summed E-state index contributed by atoms with van der Waals surface area (Å²) in [5, 5.41) is 10.8. The third-order valence-electron chi connectivity index (χ3n) is 5.51. The van der Waals surface area contributed by atoms with Crippen molar-refractivity contribution >= 4 is 16.9 Å². The van der Waals surface area contributed by atoms with Gasteiger partial charge in [0.1, 0.15) is 11.3 Å². The molecule has 1 aliphatic heterocycles. The highest BCUT2D eigenvalue weighted by molar-refractivity contribution is 5.80. The van der Waals surface area contributed by atoms with Crippen LogP contribution in [0.15, 0.2) is 65.3 Å². The lowest BCUT2D eigenvalue weighted by Crippen LogP contribution is -2.40. The summed E-state index contributed by atoms with van der Waals surface area (Å²) in [5.41, 5.74) is 1.86. The molecule has 0 spiro atoms. The van der Waals surface area contributed by atoms with E-state index in [2.05, 4.69) is 4.90 Å². The molecule has 2 aromatic carbocycles. The van der Waals surface area contributed by atoms with Crippen LogP contribution in [0.25, 0.3) is 11.0 Å². The molecule has 1 aromatic heterocycles. The molecule has 1 fully saturated rings. The number of fused-ring (bicyclic) bond motifs is 1. The molecule has 6 nitrogen and oxygen atoms in total. The maximum Gasteiger partial charge on any atom is 0.260 e. The van der Waals surface area contributed by atoms with Gasteiger partial charge in [0.2, 0.25) is 0 Å². The largest absolute Gasteiger partial charge is 0.484 e. The average Bonchev–Trinajstić information content (AvgIpc) is 3.38. The van der Waals surface area contributed by atoms with Gasteiger partial charge in [0.05, 0.1) is 18.4 Å². The molecule has 0 saturated carbocycles. The normalized spacial score (nSPS) is 18.1. The predicted molar refractivity (Wildman–Crippen MR) is 111 cm³/mol. The monoisotopic (exact) mass is 394 g/mol. The molecular formula is C23H26N2O4. The van der Waals surface area contributed by atoms with Gasteiger partial charge >= 0.3 is 0 Å². The van der Waals surface area contributed by atoms with Gasteiger partial charge in [0, 0.05) is 32.1 Å². The van der Waals surface area contributed by atoms with E-state index in [1.54, 1.807) is 17.2 Å². The van der Waals surface area contributed by atoms with Crippen LogP contribution in [0, 0.1) is 0 Å². The number of β-amino-alcohol motifs (C(OH)–C–C–N with tert-alkyl or cyclic N) is 1. The first-order valence-corrected chi connectivity index (χ1v) is 9.91. The van der Waals surface area contributed by atoms with Crippen LogP contribution in [-0.2, 0) is 4.79 Å². The number of benzene rings is 2. The van der Waals surface area contributed by atoms with E-state index in [1.165, 1.54) is 0 Å². The third kappa shape index (κ3) is 4.60. The molecule has 29 heavy (non-hydrogen) atoms. The van der Waals surface area contributed by atoms with Gasteiger partial charge in [0.15, 0.2) is 6.61 Å². The number of nitrogens with zero attached hydrogens (tertiary/aromatic N) is 2. The van der Waals surface area contributed by atoms with Crippen molar-refractivity contribution in [1.82, 2.24) is 9.80 Å². The molecule has 0 radical (unpaired) electrons. The van der Waals surface area contributed by atoms with Gasteiger partial charge in [0.25, 0.3) is 5.91 Å². The van der Waals surface area contributed by atoms with Crippen molar-refractivity contribution in [2.24, 2.45) is 0 Å². The lowest BCUT2D eigenvalue weighted by atomic mass is 10.0. The quantitative estimate of drug-likeness (QED) is 0.667. The third-order valence-corrected chi connectivity index (χ3v) is 5.51. The maximum absolute atomic E-state index is 12.9. The van der Waals surface area contributed by atoms with Crippen LogP contribution in [0.1, 0.15) is 18.0 Å². The number of rotatable bonds is 7. The summed E-state index contributed by atoms with van der Waals surface area (Å²) in [6.45, 7) is 2.14. The molecule has 1 aliphatic rings. The summed E-state index contributed by atoms with van der Waals surface area (Å²) >= 11 is 0. The summed E-state index contributed by atoms with van der Waals surface area (Å²) in [4.78, 5) is 16.9. The Labute approximate surface area is 170 Å². The van der Waals surface area contributed by atoms with Gasteiger partial charge in [-0.1, -0.05) is 30.3 Å². The Bertz CT molecular complexity index is 956. The number of amides is 1. The number of carbonyl (C=O) groups excluding carboxylic acids is 1. The second-order valence-corrected chi connectivity index (χ2v) is 7.54. The Morgan fingerprint density at radius 1 is 1.28 bits per heavy atom. The minimum atomic E-state index is -0.284. The first-order valence-electron chi connectivity index (χ1n) is 9.91. The van der Waals surface area contributed by atoms with Gasteiger partial charge in [-0.05, 0) is 36.2 Å². The van der Waals surface area contributed by atoms with Crippen molar-refractivity contribution in [1.29, 1.82) is 0 Å². The van der Waals surface area contributed by atoms with Crippen molar-refractivity contribution in [3.8, 4) is 5.75 Å². The minimum absolute atomic E-state index is 0.0359. The highest BCUT2D eigenvalue weighted by Crippen LogP contribution is 2.24. The molecule has 4 rings (SSSR count). The number of likely N-dealkylation sites (N-methyl/N-ethyl adjacent to an activating group) is 1. The van der Waals surface area contributed by atoms with Crippen molar-refractivity contribution in [3.63, 3.8) is 0 Å². The van der Waals surface area contributed by atoms with Gasteiger partial charge in [-0.25, -0.2) is 0 Å². The number of likely N-dealkylation sites (tertiary alicyclic amines) is 1. The minimum Gasteiger partial charge on any atom is -0.484 e. The van der Waals surface area contributed by atoms with E-state index in [-0.39, 0.29) is 24.7 Å². The lowest BCUT2D eigenvalue weighted by molar-refractivity contribution is -0.134. The summed E-state index contributed by atoms with van der Waals surface area (Å²) in [6.07, 6.45) is 2.12. The molecule has 1 amide bonds. The topological polar surface area (TPSA) is 66.2 Å². The molecule has 0 aliphatic carbocycles. The number of aliphatic hydroxyl groups excluding tert-OH is 1. The highest BCUT2D eigenvalue weighted by atomic mass is 16.5. The van der Waals surface area contributed by atoms with Crippen molar-refractivity contribution in [2.45, 2.75) is 18.6 Å². The predicted octanol–water partition coefficient (Wildman–Crippen LogP) is 3.08. The Kier molecular flexibility index (Phi) is 5.83. The molecule has 2 heterocycles. The van der Waals surface area contributed by atoms with Gasteiger partial charge in [-0.3, -0.25) is 9.69 Å². The van der Waals surface area contributed by atoms with E-state index in [4.69, 9.17) is 9.15 Å². The Morgan fingerprint density at radius 2 is 2.10 bits per heavy atom. The summed E-state index contributed by atoms with van der Waals surface area (Å²) in [6, 6.07) is 17.3. The van der Waals surface area contributed by atoms with E-state index in [9.17, 15) is 9.90 Å². The molecule has 1 N–H and O–H groups in total. The molecule has 0 bridgehead atoms. The van der Waals surface area contributed by atoms with Crippen LogP contribution in [0.3, 0.4) is 0 Å². The van der Waals surface area contributed by atoms with E-state index >= 15 is 0 Å². The van der Waals surface area contributed by atoms with E-state index < -0.39 is 0 Å². The van der Waals surface area contributed by atoms with Crippen molar-refractivity contribution in [3.05, 3.63) is 66.4 Å². The van der Waals surface area contributed by atoms with Gasteiger partial charge in [-0.2, -0.15) is 0 Å². The molecule has 1 unspecified atom stereocenters. The van der Waals surface area contributed by atoms with Crippen LogP contribution >= 0.6 is 0 Å². The van der Waals surface area contributed by atoms with Crippen LogP contribution in [0.5, 0.6) is 5.75 Å². The fourth-order valence-corrected chi connectivity index (χ4v) is 3.80. The highest BCUT2D eigenvalue weighted by Gasteiger charge is 2.28. The van der Waals surface area contributed by atoms with E-state index in [0.29, 0.717) is 18.8 Å². The fraction of sp³-hybridized carbons (Fsp3) is 0.348. The Hall–Kier alpha value is -2.83. The van der Waals surface area contributed by atoms with E-state index in [1.807, 2.05) is 55.6 Å². The van der Waals surface area contributed by atoms with Crippen LogP contribution < -0.4 is 4.74 Å². The number of furan rings is 1. The number of carbonyl (C=O) groups is 1. The number of ether oxygens (including phenoxy) is 1. The Balaban J connectivity index is 1.44. The fourth-order valence-electron chi connectivity index (χ4n) is 3.80. The lowest BCUT2D eigenvalue weighted by Gasteiger charge is -2.32. The second kappa shape index (κ2) is 8.68. The Morgan fingerprint density at radius 3 is 2.86 bits per heavy atom. The molecule has 2 atom stereocenters. The smallest absolute Gasteiger partial charge is 0.260 e. The molecule has 3 aromatic rings. The van der Waals surface area contributed by atoms with Crippen molar-refractivity contribution < 1.29 is 19.1 Å². The SMILES string of the molecule is CN(C(=O)COc1ccc2occc2c1)C(CN1CC[C@H](O)C1)c1ccccc1. The summed E-state index contributed by atoms with van der Waals surface area (Å²) in [5.74, 6) is 0.547. The summed E-state index contributed by atoms with van der Waals surface area (Å²) in [7, 11) is 1.81. The zero-order valence-corrected chi connectivity index (χ0v) is 16.5. The number of hydrogen-bond donors (Lipinski definition) is 1. The number of aliphatic hydroxyl groups is 1. The number of hydrogen-bond acceptors (Lipinski definition) is 5. The average molecular weight is 394 g/mol. The molecule has 1 saturated heterocycles. The van der Waals surface area contributed by atoms with E-state index in [0.717, 1.165) is 29.5 Å². The zero-order valence-electron chi connectivity index (χ0n) is 16.5. The molecule has 152 valence electrons. The first-order chi connectivity index (χ1) is 14.1. The molecule has 6 heteroatoms.